The van der Waals surface area contributed by atoms with Crippen LogP contribution in [0.2, 0.25) is 0 Å². The Morgan fingerprint density at radius 2 is 1.42 bits per heavy atom. The van der Waals surface area contributed by atoms with Gasteiger partial charge in [-0.1, -0.05) is 11.8 Å². The van der Waals surface area contributed by atoms with Crippen LogP contribution in [0.1, 0.15) is 12.5 Å². The topological polar surface area (TPSA) is 38.4 Å². The first-order valence-corrected chi connectivity index (χ1v) is 9.78. The van der Waals surface area contributed by atoms with Crippen molar-refractivity contribution >= 4 is 114 Å². The Morgan fingerprint density at radius 3 is 1.84 bits per heavy atom. The van der Waals surface area contributed by atoms with Crippen molar-refractivity contribution in [2.45, 2.75) is 12.7 Å². The van der Waals surface area contributed by atoms with Crippen LogP contribution in [0, 0.1) is 0 Å². The molecule has 108 valence electrons. The van der Waals surface area contributed by atoms with Crippen molar-refractivity contribution in [1.29, 1.82) is 0 Å². The second kappa shape index (κ2) is 9.84. The molecule has 0 fully saturated rings. The van der Waals surface area contributed by atoms with Crippen LogP contribution in [0.4, 0.5) is 0 Å². The van der Waals surface area contributed by atoms with Gasteiger partial charge in [0.15, 0.2) is 5.17 Å². The number of nitrogens with zero attached hydrogens (tertiary/aromatic N) is 1. The van der Waals surface area contributed by atoms with Crippen LogP contribution in [-0.2, 0) is 5.75 Å². The number of aliphatic imine (C=N–C) groups is 1. The highest BCUT2D eigenvalue weighted by Crippen LogP contribution is 2.45. The van der Waals surface area contributed by atoms with E-state index in [-0.39, 0.29) is 17.0 Å². The highest BCUT2D eigenvalue weighted by Gasteiger charge is 2.17. The second-order valence-electron chi connectivity index (χ2n) is 3.15. The molecule has 0 radical (unpaired) electrons. The monoisotopic (exact) mass is 664 g/mol. The summed E-state index contributed by atoms with van der Waals surface area (Å²) in [5.74, 6) is 0.737. The number of hydrogen-bond acceptors (Lipinski definition) is 2. The summed E-state index contributed by atoms with van der Waals surface area (Å²) in [5, 5.41) is 0.603. The van der Waals surface area contributed by atoms with Crippen LogP contribution >= 0.6 is 108 Å². The summed E-state index contributed by atoms with van der Waals surface area (Å²) >= 11 is 19.3. The van der Waals surface area contributed by atoms with Crippen LogP contribution in [0.25, 0.3) is 0 Å². The molecular formula is C10H10Br6N2S. The minimum atomic E-state index is 0. The zero-order valence-corrected chi connectivity index (χ0v) is 20.1. The summed E-state index contributed by atoms with van der Waals surface area (Å²) in [4.78, 5) is 4.16. The summed E-state index contributed by atoms with van der Waals surface area (Å²) in [5.41, 5.74) is 6.91. The lowest BCUT2D eigenvalue weighted by atomic mass is 10.2. The largest absolute Gasteiger partial charge is 0.379 e. The molecule has 0 aliphatic carbocycles. The molecule has 19 heavy (non-hydrogen) atoms. The van der Waals surface area contributed by atoms with E-state index in [1.165, 1.54) is 11.8 Å². The molecule has 9 heteroatoms. The Kier molecular flexibility index (Phi) is 10.8. The van der Waals surface area contributed by atoms with Gasteiger partial charge in [-0.15, -0.1) is 17.0 Å². The SMILES string of the molecule is Br.CCN=C(N)SCc1c(Br)c(Br)c(Br)c(Br)c1Br. The summed E-state index contributed by atoms with van der Waals surface area (Å²) in [7, 11) is 0. The first kappa shape index (κ1) is 20.9. The molecule has 0 aliphatic heterocycles. The lowest BCUT2D eigenvalue weighted by Crippen LogP contribution is -2.07. The molecule has 0 saturated heterocycles. The fourth-order valence-electron chi connectivity index (χ4n) is 1.12. The Labute approximate surface area is 169 Å². The predicted octanol–water partition coefficient (Wildman–Crippen LogP) is 6.64. The van der Waals surface area contributed by atoms with Gasteiger partial charge in [0.25, 0.3) is 0 Å². The zero-order valence-electron chi connectivity index (χ0n) is 9.65. The molecule has 2 nitrogen and oxygen atoms in total. The lowest BCUT2D eigenvalue weighted by Gasteiger charge is -2.13. The summed E-state index contributed by atoms with van der Waals surface area (Å²) in [6.45, 7) is 2.67. The van der Waals surface area contributed by atoms with Crippen molar-refractivity contribution < 1.29 is 0 Å². The van der Waals surface area contributed by atoms with Gasteiger partial charge >= 0.3 is 0 Å². The van der Waals surface area contributed by atoms with Crippen molar-refractivity contribution in [1.82, 2.24) is 0 Å². The quantitative estimate of drug-likeness (QED) is 0.170. The van der Waals surface area contributed by atoms with Crippen molar-refractivity contribution in [3.63, 3.8) is 0 Å². The van der Waals surface area contributed by atoms with Crippen molar-refractivity contribution in [3.8, 4) is 0 Å². The molecule has 1 rings (SSSR count). The zero-order chi connectivity index (χ0) is 13.9. The lowest BCUT2D eigenvalue weighted by molar-refractivity contribution is 1.13. The van der Waals surface area contributed by atoms with Crippen LogP contribution in [0.15, 0.2) is 27.4 Å². The van der Waals surface area contributed by atoms with Crippen molar-refractivity contribution in [3.05, 3.63) is 27.9 Å². The third-order valence-corrected chi connectivity index (χ3v) is 9.09. The van der Waals surface area contributed by atoms with E-state index in [2.05, 4.69) is 84.6 Å². The molecule has 0 heterocycles. The fraction of sp³-hybridized carbons (Fsp3) is 0.300. The summed E-state index contributed by atoms with van der Waals surface area (Å²) in [6.07, 6.45) is 0. The molecular weight excluding hydrogens is 660 g/mol. The van der Waals surface area contributed by atoms with E-state index in [1.807, 2.05) is 6.92 Å². The predicted molar refractivity (Wildman–Crippen MR) is 109 cm³/mol. The first-order chi connectivity index (χ1) is 8.40. The minimum Gasteiger partial charge on any atom is -0.379 e. The highest BCUT2D eigenvalue weighted by atomic mass is 79.9. The van der Waals surface area contributed by atoms with Gasteiger partial charge in [0.1, 0.15) is 0 Å². The third-order valence-electron chi connectivity index (χ3n) is 1.98. The Balaban J connectivity index is 0.00000324. The minimum absolute atomic E-state index is 0. The summed E-state index contributed by atoms with van der Waals surface area (Å²) in [6, 6.07) is 0. The maximum atomic E-state index is 5.79. The first-order valence-electron chi connectivity index (χ1n) is 4.83. The van der Waals surface area contributed by atoms with Crippen LogP contribution in [0.3, 0.4) is 0 Å². The molecule has 0 saturated carbocycles. The average molecular weight is 670 g/mol. The molecule has 0 bridgehead atoms. The van der Waals surface area contributed by atoms with Gasteiger partial charge in [-0.25, -0.2) is 0 Å². The molecule has 0 spiro atoms. The van der Waals surface area contributed by atoms with E-state index in [0.29, 0.717) is 11.7 Å². The van der Waals surface area contributed by atoms with Gasteiger partial charge in [0, 0.05) is 34.7 Å². The van der Waals surface area contributed by atoms with E-state index >= 15 is 0 Å². The van der Waals surface area contributed by atoms with Crippen LogP contribution < -0.4 is 5.73 Å². The van der Waals surface area contributed by atoms with E-state index in [4.69, 9.17) is 5.73 Å². The van der Waals surface area contributed by atoms with E-state index in [1.54, 1.807) is 0 Å². The standard InChI is InChI=1S/C10H9Br5N2S.BrH/c1-2-17-10(16)18-3-4-5(11)7(13)9(15)8(14)6(4)12;/h2-3H2,1H3,(H2,16,17);1H. The number of hydrogen-bond donors (Lipinski definition) is 1. The van der Waals surface area contributed by atoms with Gasteiger partial charge in [0.05, 0.1) is 0 Å². The fourth-order valence-corrected chi connectivity index (χ4v) is 5.71. The molecule has 0 aliphatic rings. The molecule has 1 aromatic rings. The molecule has 0 aromatic heterocycles. The molecule has 0 amide bonds. The van der Waals surface area contributed by atoms with Crippen molar-refractivity contribution in [2.75, 3.05) is 6.54 Å². The van der Waals surface area contributed by atoms with E-state index < -0.39 is 0 Å². The number of amidine groups is 1. The third kappa shape index (κ3) is 5.56. The van der Waals surface area contributed by atoms with Gasteiger partial charge < -0.3 is 5.73 Å². The maximum Gasteiger partial charge on any atom is 0.154 e. The average Bonchev–Trinajstić information content (AvgIpc) is 2.34. The van der Waals surface area contributed by atoms with E-state index in [0.717, 1.165) is 33.7 Å². The van der Waals surface area contributed by atoms with Crippen LogP contribution in [-0.4, -0.2) is 11.7 Å². The van der Waals surface area contributed by atoms with Crippen LogP contribution in [0.5, 0.6) is 0 Å². The second-order valence-corrected chi connectivity index (χ2v) is 8.11. The molecule has 1 aromatic carbocycles. The van der Waals surface area contributed by atoms with Gasteiger partial charge in [-0.3, -0.25) is 4.99 Å². The van der Waals surface area contributed by atoms with Gasteiger partial charge in [0.2, 0.25) is 0 Å². The normalized spacial score (nSPS) is 11.4. The number of halogens is 6. The smallest absolute Gasteiger partial charge is 0.154 e. The number of thioether (sulfide) groups is 1. The Morgan fingerprint density at radius 1 is 1.00 bits per heavy atom. The number of rotatable bonds is 3. The maximum absolute atomic E-state index is 5.79. The van der Waals surface area contributed by atoms with Gasteiger partial charge in [-0.05, 0) is 92.1 Å². The number of nitrogens with two attached hydrogens (primary N) is 1. The number of benzene rings is 1. The highest BCUT2D eigenvalue weighted by molar-refractivity contribution is 9.15. The Hall–Kier alpha value is 1.92. The van der Waals surface area contributed by atoms with Gasteiger partial charge in [-0.2, -0.15) is 0 Å². The summed E-state index contributed by atoms with van der Waals surface area (Å²) < 4.78 is 4.91. The molecule has 0 atom stereocenters. The van der Waals surface area contributed by atoms with E-state index in [9.17, 15) is 0 Å². The molecule has 2 N–H and O–H groups in total. The van der Waals surface area contributed by atoms with Crippen molar-refractivity contribution in [2.24, 2.45) is 10.7 Å². The Bertz CT molecular complexity index is 462. The molecule has 0 unspecified atom stereocenters.